The Labute approximate surface area is 213 Å². The van der Waals surface area contributed by atoms with Gasteiger partial charge in [-0.2, -0.15) is 0 Å². The van der Waals surface area contributed by atoms with Crippen LogP contribution in [0.15, 0.2) is 60.7 Å². The van der Waals surface area contributed by atoms with Gasteiger partial charge in [-0.25, -0.2) is 9.59 Å². The predicted molar refractivity (Wildman–Crippen MR) is 137 cm³/mol. The summed E-state index contributed by atoms with van der Waals surface area (Å²) in [5.74, 6) is -1.77. The Kier molecular flexibility index (Phi) is 11.2. The molecule has 2 aromatic carbocycles. The third kappa shape index (κ3) is 10.8. The molecule has 36 heavy (non-hydrogen) atoms. The number of rotatable bonds is 12. The standard InChI is InChI=1S/C28H38N2O6/c1-21(29-26(33)35-20-23-15-9-6-10-16-23)24(25(31)32)17-11-12-18-30(27(34)36-28(2,3)4)19-22-13-7-5-8-14-22/h5-10,13-16,21,24H,11-12,17-20H2,1-4H3,(H,29,33)(H,31,32)/t21-,24+/m1/s1. The molecule has 0 bridgehead atoms. The highest BCUT2D eigenvalue weighted by atomic mass is 16.6. The van der Waals surface area contributed by atoms with Crippen molar-refractivity contribution in [3.8, 4) is 0 Å². The largest absolute Gasteiger partial charge is 0.481 e. The zero-order chi connectivity index (χ0) is 26.6. The van der Waals surface area contributed by atoms with Crippen molar-refractivity contribution in [2.75, 3.05) is 6.54 Å². The molecule has 196 valence electrons. The van der Waals surface area contributed by atoms with Crippen molar-refractivity contribution in [1.29, 1.82) is 0 Å². The van der Waals surface area contributed by atoms with Crippen LogP contribution in [0.3, 0.4) is 0 Å². The zero-order valence-electron chi connectivity index (χ0n) is 21.6. The van der Waals surface area contributed by atoms with Crippen molar-refractivity contribution in [2.24, 2.45) is 5.92 Å². The lowest BCUT2D eigenvalue weighted by Gasteiger charge is -2.28. The number of carbonyl (C=O) groups is 3. The summed E-state index contributed by atoms with van der Waals surface area (Å²) in [6, 6.07) is 18.3. The molecule has 0 aliphatic rings. The molecule has 8 heteroatoms. The van der Waals surface area contributed by atoms with Crippen LogP contribution in [-0.2, 0) is 27.4 Å². The van der Waals surface area contributed by atoms with E-state index in [1.807, 2.05) is 81.4 Å². The molecule has 0 aliphatic carbocycles. The molecule has 8 nitrogen and oxygen atoms in total. The number of hydrogen-bond acceptors (Lipinski definition) is 5. The molecular formula is C28H38N2O6. The van der Waals surface area contributed by atoms with Crippen LogP contribution in [0.5, 0.6) is 0 Å². The van der Waals surface area contributed by atoms with Gasteiger partial charge < -0.3 is 24.8 Å². The molecule has 0 saturated heterocycles. The average molecular weight is 499 g/mol. The highest BCUT2D eigenvalue weighted by Crippen LogP contribution is 2.17. The number of ether oxygens (including phenoxy) is 2. The number of nitrogens with one attached hydrogen (secondary N) is 1. The van der Waals surface area contributed by atoms with Crippen LogP contribution in [0.2, 0.25) is 0 Å². The molecule has 0 heterocycles. The van der Waals surface area contributed by atoms with E-state index in [9.17, 15) is 19.5 Å². The Morgan fingerprint density at radius 1 is 0.944 bits per heavy atom. The Balaban J connectivity index is 1.86. The number of aliphatic carboxylic acids is 1. The van der Waals surface area contributed by atoms with Gasteiger partial charge in [0, 0.05) is 19.1 Å². The number of carbonyl (C=O) groups excluding carboxylic acids is 2. The third-order valence-corrected chi connectivity index (χ3v) is 5.54. The van der Waals surface area contributed by atoms with E-state index in [1.54, 1.807) is 11.8 Å². The molecule has 2 amide bonds. The zero-order valence-corrected chi connectivity index (χ0v) is 21.6. The molecule has 0 radical (unpaired) electrons. The van der Waals surface area contributed by atoms with Crippen LogP contribution in [0, 0.1) is 5.92 Å². The van der Waals surface area contributed by atoms with E-state index < -0.39 is 35.7 Å². The first-order valence-electron chi connectivity index (χ1n) is 12.3. The van der Waals surface area contributed by atoms with Gasteiger partial charge in [-0.05, 0) is 51.7 Å². The maximum atomic E-state index is 12.7. The molecule has 0 fully saturated rings. The fraction of sp³-hybridized carbons (Fsp3) is 0.464. The summed E-state index contributed by atoms with van der Waals surface area (Å²) in [6.07, 6.45) is 0.453. The third-order valence-electron chi connectivity index (χ3n) is 5.54. The van der Waals surface area contributed by atoms with Crippen molar-refractivity contribution in [3.63, 3.8) is 0 Å². The molecule has 0 spiro atoms. The molecule has 2 N–H and O–H groups in total. The predicted octanol–water partition coefficient (Wildman–Crippen LogP) is 5.61. The second-order valence-corrected chi connectivity index (χ2v) is 9.82. The Morgan fingerprint density at radius 2 is 1.53 bits per heavy atom. The molecule has 0 unspecified atom stereocenters. The number of hydrogen-bond donors (Lipinski definition) is 2. The summed E-state index contributed by atoms with van der Waals surface area (Å²) in [5, 5.41) is 12.3. The van der Waals surface area contributed by atoms with Gasteiger partial charge >= 0.3 is 18.2 Å². The lowest BCUT2D eigenvalue weighted by atomic mass is 9.95. The quantitative estimate of drug-likeness (QED) is 0.369. The van der Waals surface area contributed by atoms with Gasteiger partial charge in [-0.1, -0.05) is 67.1 Å². The van der Waals surface area contributed by atoms with Crippen molar-refractivity contribution < 1.29 is 29.0 Å². The van der Waals surface area contributed by atoms with Crippen LogP contribution in [0.25, 0.3) is 0 Å². The van der Waals surface area contributed by atoms with Gasteiger partial charge in [0.15, 0.2) is 0 Å². The highest BCUT2D eigenvalue weighted by Gasteiger charge is 2.27. The molecule has 2 aromatic rings. The number of amides is 2. The first-order chi connectivity index (χ1) is 17.0. The summed E-state index contributed by atoms with van der Waals surface area (Å²) in [5.41, 5.74) is 1.22. The van der Waals surface area contributed by atoms with Crippen molar-refractivity contribution in [2.45, 2.75) is 71.8 Å². The van der Waals surface area contributed by atoms with E-state index in [1.165, 1.54) is 0 Å². The maximum Gasteiger partial charge on any atom is 0.410 e. The first-order valence-corrected chi connectivity index (χ1v) is 12.3. The molecule has 2 rings (SSSR count). The van der Waals surface area contributed by atoms with E-state index in [2.05, 4.69) is 5.32 Å². The van der Waals surface area contributed by atoms with Crippen LogP contribution < -0.4 is 5.32 Å². The molecule has 0 saturated carbocycles. The van der Waals surface area contributed by atoms with Crippen LogP contribution >= 0.6 is 0 Å². The minimum Gasteiger partial charge on any atom is -0.481 e. The van der Waals surface area contributed by atoms with E-state index in [-0.39, 0.29) is 6.61 Å². The molecule has 0 aromatic heterocycles. The second kappa shape index (κ2) is 14.1. The summed E-state index contributed by atoms with van der Waals surface area (Å²) in [7, 11) is 0. The van der Waals surface area contributed by atoms with E-state index in [4.69, 9.17) is 9.47 Å². The van der Waals surface area contributed by atoms with Gasteiger partial charge in [-0.15, -0.1) is 0 Å². The SMILES string of the molecule is C[C@@H](NC(=O)OCc1ccccc1)[C@H](CCCCN(Cc1ccccc1)C(=O)OC(C)(C)C)C(=O)O. The average Bonchev–Trinajstić information content (AvgIpc) is 2.81. The monoisotopic (exact) mass is 498 g/mol. The number of carboxylic acids is 1. The summed E-state index contributed by atoms with van der Waals surface area (Å²) >= 11 is 0. The minimum absolute atomic E-state index is 0.110. The normalized spacial score (nSPS) is 12.8. The maximum absolute atomic E-state index is 12.7. The Hall–Kier alpha value is -3.55. The van der Waals surface area contributed by atoms with Crippen LogP contribution in [-0.4, -0.2) is 46.3 Å². The van der Waals surface area contributed by atoms with Gasteiger partial charge in [0.2, 0.25) is 0 Å². The Bertz CT molecular complexity index is 959. The smallest absolute Gasteiger partial charge is 0.410 e. The molecular weight excluding hydrogens is 460 g/mol. The van der Waals surface area contributed by atoms with Gasteiger partial charge in [-0.3, -0.25) is 4.79 Å². The van der Waals surface area contributed by atoms with E-state index in [0.29, 0.717) is 32.4 Å². The Morgan fingerprint density at radius 3 is 2.08 bits per heavy atom. The highest BCUT2D eigenvalue weighted by molar-refractivity contribution is 5.73. The number of benzene rings is 2. The van der Waals surface area contributed by atoms with E-state index >= 15 is 0 Å². The van der Waals surface area contributed by atoms with Crippen molar-refractivity contribution in [3.05, 3.63) is 71.8 Å². The summed E-state index contributed by atoms with van der Waals surface area (Å²) in [4.78, 5) is 38.4. The molecule has 0 aliphatic heterocycles. The van der Waals surface area contributed by atoms with E-state index in [0.717, 1.165) is 11.1 Å². The van der Waals surface area contributed by atoms with Crippen molar-refractivity contribution >= 4 is 18.2 Å². The van der Waals surface area contributed by atoms with Gasteiger partial charge in [0.1, 0.15) is 12.2 Å². The summed E-state index contributed by atoms with van der Waals surface area (Å²) < 4.78 is 10.8. The lowest BCUT2D eigenvalue weighted by Crippen LogP contribution is -2.41. The van der Waals surface area contributed by atoms with Crippen molar-refractivity contribution in [1.82, 2.24) is 10.2 Å². The fourth-order valence-corrected chi connectivity index (χ4v) is 3.67. The van der Waals surface area contributed by atoms with Gasteiger partial charge in [0.25, 0.3) is 0 Å². The number of unbranched alkanes of at least 4 members (excludes halogenated alkanes) is 1. The molecule has 2 atom stereocenters. The number of alkyl carbamates (subject to hydrolysis) is 1. The number of nitrogens with zero attached hydrogens (tertiary/aromatic N) is 1. The van der Waals surface area contributed by atoms with Gasteiger partial charge in [0.05, 0.1) is 5.92 Å². The first kappa shape index (κ1) is 28.7. The minimum atomic E-state index is -0.987. The fourth-order valence-electron chi connectivity index (χ4n) is 3.67. The summed E-state index contributed by atoms with van der Waals surface area (Å²) in [6.45, 7) is 8.07. The second-order valence-electron chi connectivity index (χ2n) is 9.82. The topological polar surface area (TPSA) is 105 Å². The van der Waals surface area contributed by atoms with Crippen LogP contribution in [0.1, 0.15) is 58.1 Å². The lowest BCUT2D eigenvalue weighted by molar-refractivity contribution is -0.142. The van der Waals surface area contributed by atoms with Crippen LogP contribution in [0.4, 0.5) is 9.59 Å². The number of carboxylic acid groups (broad SMARTS) is 1.